The molecule has 2 heterocycles. The normalized spacial score (nSPS) is 11.5. The monoisotopic (exact) mass is 554 g/mol. The third-order valence-corrected chi connectivity index (χ3v) is 5.57. The summed E-state index contributed by atoms with van der Waals surface area (Å²) < 4.78 is 3.68. The van der Waals surface area contributed by atoms with E-state index in [-0.39, 0.29) is 0 Å². The number of anilines is 3. The molecule has 0 amide bonds. The lowest BCUT2D eigenvalue weighted by Crippen LogP contribution is -2.11. The van der Waals surface area contributed by atoms with E-state index in [9.17, 15) is 0 Å². The van der Waals surface area contributed by atoms with Gasteiger partial charge in [0.05, 0.1) is 11.4 Å². The molecule has 0 aliphatic rings. The standard InChI is InChI=1S/C22H20Br2N8/c1-13-12-14(2)32(31-13)22-27-20(25-19-10-8-18(24)9-11-19)26-21(28-22)30-29-15(3)16-4-6-17(23)7-5-16/h4-12H,1-3H3,(H2,25,26,27,28,30). The van der Waals surface area contributed by atoms with E-state index >= 15 is 0 Å². The van der Waals surface area contributed by atoms with Crippen molar-refractivity contribution < 1.29 is 0 Å². The highest BCUT2D eigenvalue weighted by Crippen LogP contribution is 2.19. The fourth-order valence-corrected chi connectivity index (χ4v) is 3.48. The summed E-state index contributed by atoms with van der Waals surface area (Å²) in [6.45, 7) is 5.80. The molecule has 4 rings (SSSR count). The fourth-order valence-electron chi connectivity index (χ4n) is 2.95. The van der Waals surface area contributed by atoms with Gasteiger partial charge in [0.25, 0.3) is 5.95 Å². The number of halogens is 2. The zero-order valence-electron chi connectivity index (χ0n) is 17.6. The fraction of sp³-hybridized carbons (Fsp3) is 0.136. The summed E-state index contributed by atoms with van der Waals surface area (Å²) in [5, 5.41) is 12.2. The maximum absolute atomic E-state index is 4.55. The van der Waals surface area contributed by atoms with Gasteiger partial charge in [-0.2, -0.15) is 25.2 Å². The molecule has 0 atom stereocenters. The Hall–Kier alpha value is -3.11. The van der Waals surface area contributed by atoms with E-state index in [0.29, 0.717) is 17.8 Å². The average molecular weight is 556 g/mol. The molecule has 0 saturated carbocycles. The van der Waals surface area contributed by atoms with Gasteiger partial charge in [-0.15, -0.1) is 0 Å². The Morgan fingerprint density at radius 2 is 1.50 bits per heavy atom. The van der Waals surface area contributed by atoms with Gasteiger partial charge < -0.3 is 5.32 Å². The van der Waals surface area contributed by atoms with Crippen LogP contribution in [-0.2, 0) is 0 Å². The molecule has 0 aliphatic heterocycles. The van der Waals surface area contributed by atoms with Crippen LogP contribution in [0.4, 0.5) is 17.6 Å². The number of hydrogen-bond acceptors (Lipinski definition) is 7. The van der Waals surface area contributed by atoms with Crippen LogP contribution in [0.25, 0.3) is 5.95 Å². The summed E-state index contributed by atoms with van der Waals surface area (Å²) in [5.74, 6) is 1.08. The molecule has 0 bridgehead atoms. The van der Waals surface area contributed by atoms with Crippen molar-refractivity contribution in [3.63, 3.8) is 0 Å². The van der Waals surface area contributed by atoms with Crippen molar-refractivity contribution >= 4 is 55.2 Å². The lowest BCUT2D eigenvalue weighted by atomic mass is 10.1. The highest BCUT2D eigenvalue weighted by molar-refractivity contribution is 9.10. The topological polar surface area (TPSA) is 92.9 Å². The third kappa shape index (κ3) is 5.38. The smallest absolute Gasteiger partial charge is 0.257 e. The van der Waals surface area contributed by atoms with E-state index in [0.717, 1.165) is 37.3 Å². The summed E-state index contributed by atoms with van der Waals surface area (Å²) in [4.78, 5) is 13.6. The third-order valence-electron chi connectivity index (χ3n) is 4.51. The predicted molar refractivity (Wildman–Crippen MR) is 134 cm³/mol. The largest absolute Gasteiger partial charge is 0.324 e. The lowest BCUT2D eigenvalue weighted by molar-refractivity contribution is 0.767. The average Bonchev–Trinajstić information content (AvgIpc) is 3.12. The molecule has 0 spiro atoms. The molecule has 0 radical (unpaired) electrons. The number of nitrogens with one attached hydrogen (secondary N) is 2. The maximum Gasteiger partial charge on any atom is 0.257 e. The van der Waals surface area contributed by atoms with Gasteiger partial charge in [0, 0.05) is 20.3 Å². The summed E-state index contributed by atoms with van der Waals surface area (Å²) in [7, 11) is 0. The van der Waals surface area contributed by atoms with Gasteiger partial charge in [0.2, 0.25) is 11.9 Å². The van der Waals surface area contributed by atoms with Crippen LogP contribution in [0.3, 0.4) is 0 Å². The molecule has 0 unspecified atom stereocenters. The molecule has 2 aromatic heterocycles. The Morgan fingerprint density at radius 1 is 0.875 bits per heavy atom. The van der Waals surface area contributed by atoms with Gasteiger partial charge in [-0.1, -0.05) is 44.0 Å². The first-order valence-electron chi connectivity index (χ1n) is 9.76. The summed E-state index contributed by atoms with van der Waals surface area (Å²) >= 11 is 6.89. The predicted octanol–water partition coefficient (Wildman–Crippen LogP) is 5.78. The van der Waals surface area contributed by atoms with Crippen LogP contribution in [0.15, 0.2) is 68.6 Å². The first-order chi connectivity index (χ1) is 15.4. The van der Waals surface area contributed by atoms with Crippen molar-refractivity contribution in [2.45, 2.75) is 20.8 Å². The molecular formula is C22H20Br2N8. The molecule has 2 aromatic carbocycles. The van der Waals surface area contributed by atoms with Crippen molar-refractivity contribution in [1.82, 2.24) is 24.7 Å². The van der Waals surface area contributed by atoms with Crippen molar-refractivity contribution in [1.29, 1.82) is 0 Å². The van der Waals surface area contributed by atoms with Crippen molar-refractivity contribution in [2.75, 3.05) is 10.7 Å². The Kier molecular flexibility index (Phi) is 6.61. The second-order valence-corrected chi connectivity index (χ2v) is 8.90. The van der Waals surface area contributed by atoms with Crippen LogP contribution in [0.1, 0.15) is 23.9 Å². The number of hydrogen-bond donors (Lipinski definition) is 2. The highest BCUT2D eigenvalue weighted by atomic mass is 79.9. The molecule has 10 heteroatoms. The molecule has 4 aromatic rings. The lowest BCUT2D eigenvalue weighted by Gasteiger charge is -2.10. The van der Waals surface area contributed by atoms with E-state index in [1.165, 1.54) is 0 Å². The number of aromatic nitrogens is 5. The van der Waals surface area contributed by atoms with E-state index in [4.69, 9.17) is 0 Å². The number of aryl methyl sites for hydroxylation is 2. The molecule has 8 nitrogen and oxygen atoms in total. The van der Waals surface area contributed by atoms with Gasteiger partial charge >= 0.3 is 0 Å². The maximum atomic E-state index is 4.55. The molecule has 2 N–H and O–H groups in total. The van der Waals surface area contributed by atoms with E-state index in [2.05, 4.69) is 67.8 Å². The van der Waals surface area contributed by atoms with Crippen LogP contribution < -0.4 is 10.7 Å². The SMILES string of the molecule is CC(=NNc1nc(Nc2ccc(Br)cc2)nc(-n2nc(C)cc2C)n1)c1ccc(Br)cc1. The van der Waals surface area contributed by atoms with Crippen LogP contribution in [0.2, 0.25) is 0 Å². The number of benzene rings is 2. The second kappa shape index (κ2) is 9.58. The van der Waals surface area contributed by atoms with Gasteiger partial charge in [0.1, 0.15) is 0 Å². The van der Waals surface area contributed by atoms with E-state index < -0.39 is 0 Å². The van der Waals surface area contributed by atoms with E-state index in [1.807, 2.05) is 75.4 Å². The Balaban J connectivity index is 1.67. The van der Waals surface area contributed by atoms with Crippen LogP contribution >= 0.6 is 31.9 Å². The number of nitrogens with zero attached hydrogens (tertiary/aromatic N) is 6. The van der Waals surface area contributed by atoms with Gasteiger partial charge in [0.15, 0.2) is 0 Å². The zero-order valence-corrected chi connectivity index (χ0v) is 20.8. The minimum atomic E-state index is 0.304. The Morgan fingerprint density at radius 3 is 2.12 bits per heavy atom. The van der Waals surface area contributed by atoms with Gasteiger partial charge in [-0.3, -0.25) is 0 Å². The van der Waals surface area contributed by atoms with Crippen LogP contribution in [0, 0.1) is 13.8 Å². The minimum Gasteiger partial charge on any atom is -0.324 e. The molecule has 32 heavy (non-hydrogen) atoms. The molecule has 0 aliphatic carbocycles. The zero-order chi connectivity index (χ0) is 22.7. The van der Waals surface area contributed by atoms with Crippen molar-refractivity contribution in [2.24, 2.45) is 5.10 Å². The minimum absolute atomic E-state index is 0.304. The Bertz CT molecular complexity index is 1260. The molecule has 0 fully saturated rings. The van der Waals surface area contributed by atoms with Crippen LogP contribution in [-0.4, -0.2) is 30.4 Å². The molecular weight excluding hydrogens is 536 g/mol. The highest BCUT2D eigenvalue weighted by Gasteiger charge is 2.12. The molecule has 0 saturated heterocycles. The molecule has 162 valence electrons. The summed E-state index contributed by atoms with van der Waals surface area (Å²) in [5.41, 5.74) is 7.39. The van der Waals surface area contributed by atoms with Crippen molar-refractivity contribution in [3.05, 3.63) is 80.5 Å². The summed E-state index contributed by atoms with van der Waals surface area (Å²) in [6.07, 6.45) is 0. The van der Waals surface area contributed by atoms with Crippen molar-refractivity contribution in [3.8, 4) is 5.95 Å². The first-order valence-corrected chi connectivity index (χ1v) is 11.3. The van der Waals surface area contributed by atoms with E-state index in [1.54, 1.807) is 4.68 Å². The van der Waals surface area contributed by atoms with Gasteiger partial charge in [-0.25, -0.2) is 10.1 Å². The quantitative estimate of drug-likeness (QED) is 0.231. The Labute approximate surface area is 202 Å². The van der Waals surface area contributed by atoms with Gasteiger partial charge in [-0.05, 0) is 68.8 Å². The first kappa shape index (κ1) is 22.1. The number of rotatable bonds is 6. The van der Waals surface area contributed by atoms with Crippen LogP contribution in [0.5, 0.6) is 0 Å². The summed E-state index contributed by atoms with van der Waals surface area (Å²) in [6, 6.07) is 17.6. The second-order valence-electron chi connectivity index (χ2n) is 7.07. The number of hydrazone groups is 1.